The third kappa shape index (κ3) is 3.38. The number of nitrogens with one attached hydrogen (secondary N) is 2. The van der Waals surface area contributed by atoms with Crippen LogP contribution in [0, 0.1) is 11.3 Å². The molecule has 4 nitrogen and oxygen atoms in total. The number of rotatable bonds is 5. The summed E-state index contributed by atoms with van der Waals surface area (Å²) in [6, 6.07) is 0.0401. The van der Waals surface area contributed by atoms with Crippen LogP contribution in [0.2, 0.25) is 0 Å². The maximum Gasteiger partial charge on any atom is 0.226 e. The monoisotopic (exact) mass is 295 g/mol. The van der Waals surface area contributed by atoms with Gasteiger partial charge in [-0.1, -0.05) is 20.8 Å². The van der Waals surface area contributed by atoms with Gasteiger partial charge in [-0.25, -0.2) is 4.98 Å². The Balaban J connectivity index is 2.02. The first kappa shape index (κ1) is 15.4. The number of amides is 1. The van der Waals surface area contributed by atoms with Crippen LogP contribution in [0.4, 0.5) is 0 Å². The van der Waals surface area contributed by atoms with Crippen molar-refractivity contribution in [1.29, 1.82) is 0 Å². The van der Waals surface area contributed by atoms with Crippen LogP contribution in [0.1, 0.15) is 51.1 Å². The Hall–Kier alpha value is -0.940. The largest absolute Gasteiger partial charge is 0.346 e. The minimum absolute atomic E-state index is 0.0401. The average Bonchev–Trinajstić information content (AvgIpc) is 2.99. The van der Waals surface area contributed by atoms with Gasteiger partial charge in [0.05, 0.1) is 6.04 Å². The average molecular weight is 295 g/mol. The lowest BCUT2D eigenvalue weighted by atomic mass is 9.74. The van der Waals surface area contributed by atoms with E-state index in [4.69, 9.17) is 0 Å². The molecule has 0 spiro atoms. The van der Waals surface area contributed by atoms with Crippen molar-refractivity contribution < 1.29 is 4.79 Å². The fourth-order valence-electron chi connectivity index (χ4n) is 2.74. The third-order valence-electron chi connectivity index (χ3n) is 4.37. The molecule has 2 rings (SSSR count). The van der Waals surface area contributed by atoms with E-state index in [9.17, 15) is 4.79 Å². The minimum Gasteiger partial charge on any atom is -0.346 e. The molecule has 1 aromatic heterocycles. The number of hydrogen-bond acceptors (Lipinski definition) is 4. The van der Waals surface area contributed by atoms with Crippen molar-refractivity contribution in [1.82, 2.24) is 15.6 Å². The summed E-state index contributed by atoms with van der Waals surface area (Å²) in [6.45, 7) is 8.23. The quantitative estimate of drug-likeness (QED) is 0.878. The Morgan fingerprint density at radius 2 is 2.45 bits per heavy atom. The molecule has 1 aliphatic heterocycles. The summed E-state index contributed by atoms with van der Waals surface area (Å²) >= 11 is 1.61. The van der Waals surface area contributed by atoms with Gasteiger partial charge in [0.25, 0.3) is 0 Å². The van der Waals surface area contributed by atoms with Crippen molar-refractivity contribution >= 4 is 17.2 Å². The first-order valence-corrected chi connectivity index (χ1v) is 8.34. The normalized spacial score (nSPS) is 21.4. The highest BCUT2D eigenvalue weighted by Crippen LogP contribution is 2.33. The number of hydrogen-bond donors (Lipinski definition) is 2. The van der Waals surface area contributed by atoms with Gasteiger partial charge in [-0.05, 0) is 38.3 Å². The molecule has 20 heavy (non-hydrogen) atoms. The standard InChI is InChI=1S/C15H25N3OS/c1-4-12(13-17-8-9-20-13)18-14(19)15(2,3)11-6-5-7-16-10-11/h8-9,11-12,16H,4-7,10H2,1-3H3,(H,18,19). The molecule has 1 saturated heterocycles. The van der Waals surface area contributed by atoms with Crippen LogP contribution < -0.4 is 10.6 Å². The maximum atomic E-state index is 12.7. The van der Waals surface area contributed by atoms with E-state index in [1.165, 1.54) is 0 Å². The second-order valence-electron chi connectivity index (χ2n) is 6.07. The first-order valence-electron chi connectivity index (χ1n) is 7.46. The first-order chi connectivity index (χ1) is 9.55. The van der Waals surface area contributed by atoms with Crippen LogP contribution in [0.25, 0.3) is 0 Å². The Morgan fingerprint density at radius 1 is 1.65 bits per heavy atom. The van der Waals surface area contributed by atoms with Gasteiger partial charge in [-0.15, -0.1) is 11.3 Å². The van der Waals surface area contributed by atoms with Gasteiger partial charge in [0, 0.05) is 17.0 Å². The minimum atomic E-state index is -0.335. The van der Waals surface area contributed by atoms with E-state index < -0.39 is 0 Å². The molecule has 5 heteroatoms. The van der Waals surface area contributed by atoms with Gasteiger partial charge in [-0.2, -0.15) is 0 Å². The lowest BCUT2D eigenvalue weighted by molar-refractivity contribution is -0.133. The Kier molecular flexibility index (Phi) is 5.16. The third-order valence-corrected chi connectivity index (χ3v) is 5.26. The molecule has 0 radical (unpaired) electrons. The highest BCUT2D eigenvalue weighted by Gasteiger charge is 2.38. The Morgan fingerprint density at radius 3 is 3.00 bits per heavy atom. The zero-order valence-electron chi connectivity index (χ0n) is 12.6. The molecule has 2 atom stereocenters. The molecule has 0 bridgehead atoms. The van der Waals surface area contributed by atoms with E-state index in [0.29, 0.717) is 5.92 Å². The lowest BCUT2D eigenvalue weighted by Gasteiger charge is -2.36. The van der Waals surface area contributed by atoms with Crippen LogP contribution in [0.15, 0.2) is 11.6 Å². The Bertz CT molecular complexity index is 424. The molecular weight excluding hydrogens is 270 g/mol. The van der Waals surface area contributed by atoms with Crippen molar-refractivity contribution in [3.05, 3.63) is 16.6 Å². The van der Waals surface area contributed by atoms with E-state index in [-0.39, 0.29) is 17.4 Å². The second kappa shape index (κ2) is 6.68. The molecule has 0 aliphatic carbocycles. The van der Waals surface area contributed by atoms with Gasteiger partial charge < -0.3 is 10.6 Å². The molecule has 1 fully saturated rings. The number of carbonyl (C=O) groups is 1. The highest BCUT2D eigenvalue weighted by atomic mass is 32.1. The lowest BCUT2D eigenvalue weighted by Crippen LogP contribution is -2.48. The summed E-state index contributed by atoms with van der Waals surface area (Å²) in [5, 5.41) is 9.55. The van der Waals surface area contributed by atoms with E-state index in [1.54, 1.807) is 17.5 Å². The number of nitrogens with zero attached hydrogens (tertiary/aromatic N) is 1. The van der Waals surface area contributed by atoms with Crippen molar-refractivity contribution in [2.75, 3.05) is 13.1 Å². The van der Waals surface area contributed by atoms with Crippen molar-refractivity contribution in [3.8, 4) is 0 Å². The van der Waals surface area contributed by atoms with Crippen molar-refractivity contribution in [3.63, 3.8) is 0 Å². The van der Waals surface area contributed by atoms with Gasteiger partial charge in [-0.3, -0.25) is 4.79 Å². The van der Waals surface area contributed by atoms with Crippen LogP contribution in [0.3, 0.4) is 0 Å². The molecule has 112 valence electrons. The van der Waals surface area contributed by atoms with Gasteiger partial charge in [0.2, 0.25) is 5.91 Å². The fraction of sp³-hybridized carbons (Fsp3) is 0.733. The van der Waals surface area contributed by atoms with Crippen molar-refractivity contribution in [2.24, 2.45) is 11.3 Å². The molecule has 0 aromatic carbocycles. The molecule has 0 saturated carbocycles. The van der Waals surface area contributed by atoms with Crippen LogP contribution in [0.5, 0.6) is 0 Å². The summed E-state index contributed by atoms with van der Waals surface area (Å²) in [7, 11) is 0. The molecule has 1 aromatic rings. The van der Waals surface area contributed by atoms with Crippen molar-refractivity contribution in [2.45, 2.75) is 46.1 Å². The highest BCUT2D eigenvalue weighted by molar-refractivity contribution is 7.09. The second-order valence-corrected chi connectivity index (χ2v) is 7.00. The van der Waals surface area contributed by atoms with Crippen LogP contribution >= 0.6 is 11.3 Å². The summed E-state index contributed by atoms with van der Waals surface area (Å²) < 4.78 is 0. The van der Waals surface area contributed by atoms with Gasteiger partial charge in [0.15, 0.2) is 0 Å². The SMILES string of the molecule is CCC(NC(=O)C(C)(C)C1CCCNC1)c1nccs1. The predicted octanol–water partition coefficient (Wildman–Crippen LogP) is 2.74. The smallest absolute Gasteiger partial charge is 0.226 e. The maximum absolute atomic E-state index is 12.7. The topological polar surface area (TPSA) is 54.0 Å². The summed E-state index contributed by atoms with van der Waals surface area (Å²) in [5.74, 6) is 0.554. The van der Waals surface area contributed by atoms with E-state index in [1.807, 2.05) is 5.38 Å². The van der Waals surface area contributed by atoms with Gasteiger partial charge in [0.1, 0.15) is 5.01 Å². The number of aromatic nitrogens is 1. The van der Waals surface area contributed by atoms with Crippen LogP contribution in [-0.4, -0.2) is 24.0 Å². The Labute approximate surface area is 125 Å². The molecular formula is C15H25N3OS. The molecule has 2 unspecified atom stereocenters. The van der Waals surface area contributed by atoms with E-state index >= 15 is 0 Å². The summed E-state index contributed by atoms with van der Waals surface area (Å²) in [6.07, 6.45) is 4.95. The molecule has 1 amide bonds. The zero-order chi connectivity index (χ0) is 14.6. The molecule has 1 aliphatic rings. The number of piperidine rings is 1. The zero-order valence-corrected chi connectivity index (χ0v) is 13.4. The summed E-state index contributed by atoms with van der Waals surface area (Å²) in [4.78, 5) is 17.0. The predicted molar refractivity (Wildman–Crippen MR) is 82.7 cm³/mol. The van der Waals surface area contributed by atoms with Gasteiger partial charge >= 0.3 is 0 Å². The van der Waals surface area contributed by atoms with E-state index in [0.717, 1.165) is 37.4 Å². The molecule has 2 heterocycles. The number of carbonyl (C=O) groups excluding carboxylic acids is 1. The molecule has 2 N–H and O–H groups in total. The number of thiazole rings is 1. The van der Waals surface area contributed by atoms with E-state index in [2.05, 4.69) is 36.4 Å². The fourth-order valence-corrected chi connectivity index (χ4v) is 3.52. The van der Waals surface area contributed by atoms with Crippen LogP contribution in [-0.2, 0) is 4.79 Å². The summed E-state index contributed by atoms with van der Waals surface area (Å²) in [5.41, 5.74) is -0.335.